The topological polar surface area (TPSA) is 73.9 Å². The summed E-state index contributed by atoms with van der Waals surface area (Å²) >= 11 is 0. The minimum Gasteiger partial charge on any atom is -0.467 e. The van der Waals surface area contributed by atoms with Gasteiger partial charge in [0, 0.05) is 6.42 Å². The maximum Gasteiger partial charge on any atom is 0.321 e. The highest BCUT2D eigenvalue weighted by Gasteiger charge is 2.00. The van der Waals surface area contributed by atoms with Gasteiger partial charge in [-0.2, -0.15) is 15.0 Å². The van der Waals surface area contributed by atoms with Gasteiger partial charge in [0.05, 0.1) is 7.11 Å². The summed E-state index contributed by atoms with van der Waals surface area (Å²) in [5.74, 6) is 0.850. The predicted molar refractivity (Wildman–Crippen MR) is 40.2 cm³/mol. The second kappa shape index (κ2) is 3.14. The fraction of sp³-hybridized carbons (Fsp3) is 0.500. The zero-order valence-electron chi connectivity index (χ0n) is 6.53. The van der Waals surface area contributed by atoms with E-state index in [0.717, 1.165) is 6.42 Å². The first-order chi connectivity index (χ1) is 5.26. The Morgan fingerprint density at radius 1 is 1.36 bits per heavy atom. The van der Waals surface area contributed by atoms with Crippen molar-refractivity contribution >= 4 is 5.95 Å². The number of nitrogen functional groups attached to an aromatic ring is 1. The minimum atomic E-state index is 0.203. The predicted octanol–water partition coefficient (Wildman–Crippen LogP) is 0.0248. The van der Waals surface area contributed by atoms with E-state index in [2.05, 4.69) is 15.0 Å². The highest BCUT2D eigenvalue weighted by Crippen LogP contribution is 2.03. The number of nitrogens with two attached hydrogens (primary N) is 1. The van der Waals surface area contributed by atoms with Gasteiger partial charge < -0.3 is 10.5 Å². The Hall–Kier alpha value is -1.39. The molecule has 60 valence electrons. The molecule has 1 heterocycles. The zero-order chi connectivity index (χ0) is 8.27. The summed E-state index contributed by atoms with van der Waals surface area (Å²) in [4.78, 5) is 11.6. The molecule has 0 unspecified atom stereocenters. The molecular weight excluding hydrogens is 144 g/mol. The third-order valence-corrected chi connectivity index (χ3v) is 1.18. The van der Waals surface area contributed by atoms with E-state index in [1.165, 1.54) is 7.11 Å². The highest BCUT2D eigenvalue weighted by molar-refractivity contribution is 5.17. The summed E-state index contributed by atoms with van der Waals surface area (Å²) < 4.78 is 4.80. The van der Waals surface area contributed by atoms with Crippen LogP contribution in [0.3, 0.4) is 0 Å². The molecule has 5 heteroatoms. The number of aromatic nitrogens is 3. The average Bonchev–Trinajstić information content (AvgIpc) is 2.03. The molecule has 0 bridgehead atoms. The molecule has 0 radical (unpaired) electrons. The molecule has 0 aromatic carbocycles. The molecule has 0 fully saturated rings. The normalized spacial score (nSPS) is 9.64. The van der Waals surface area contributed by atoms with E-state index >= 15 is 0 Å². The Bertz CT molecular complexity index is 228. The SMILES string of the molecule is CCc1nc(N)nc(OC)n1. The number of ether oxygens (including phenoxy) is 1. The molecule has 0 saturated carbocycles. The Morgan fingerprint density at radius 3 is 2.64 bits per heavy atom. The molecule has 0 atom stereocenters. The number of aryl methyl sites for hydroxylation is 1. The summed E-state index contributed by atoms with van der Waals surface area (Å²) in [7, 11) is 1.49. The third kappa shape index (κ3) is 1.76. The lowest BCUT2D eigenvalue weighted by Crippen LogP contribution is -2.04. The smallest absolute Gasteiger partial charge is 0.321 e. The van der Waals surface area contributed by atoms with Gasteiger partial charge in [0.2, 0.25) is 5.95 Å². The number of hydrogen-bond donors (Lipinski definition) is 1. The zero-order valence-corrected chi connectivity index (χ0v) is 6.53. The van der Waals surface area contributed by atoms with Crippen LogP contribution in [0, 0.1) is 0 Å². The summed E-state index contributed by atoms with van der Waals surface area (Å²) in [6.07, 6.45) is 0.725. The van der Waals surface area contributed by atoms with E-state index in [-0.39, 0.29) is 12.0 Å². The second-order valence-corrected chi connectivity index (χ2v) is 1.95. The standard InChI is InChI=1S/C6H10N4O/c1-3-4-8-5(7)10-6(9-4)11-2/h3H2,1-2H3,(H2,7,8,9,10). The Morgan fingerprint density at radius 2 is 2.09 bits per heavy atom. The number of hydrogen-bond acceptors (Lipinski definition) is 5. The molecule has 0 aliphatic rings. The quantitative estimate of drug-likeness (QED) is 0.650. The second-order valence-electron chi connectivity index (χ2n) is 1.95. The fourth-order valence-electron chi connectivity index (χ4n) is 0.665. The Kier molecular flexibility index (Phi) is 2.20. The number of anilines is 1. The molecule has 0 saturated heterocycles. The highest BCUT2D eigenvalue weighted by atomic mass is 16.5. The summed E-state index contributed by atoms with van der Waals surface area (Å²) in [5, 5.41) is 0. The van der Waals surface area contributed by atoms with Crippen molar-refractivity contribution < 1.29 is 4.74 Å². The molecule has 0 aliphatic heterocycles. The van der Waals surface area contributed by atoms with Gasteiger partial charge >= 0.3 is 6.01 Å². The first-order valence-corrected chi connectivity index (χ1v) is 3.30. The number of rotatable bonds is 2. The molecule has 0 aliphatic carbocycles. The summed E-state index contributed by atoms with van der Waals surface area (Å²) in [6, 6.07) is 0.273. The molecule has 5 nitrogen and oxygen atoms in total. The van der Waals surface area contributed by atoms with Gasteiger partial charge in [-0.05, 0) is 0 Å². The van der Waals surface area contributed by atoms with E-state index < -0.39 is 0 Å². The van der Waals surface area contributed by atoms with Gasteiger partial charge in [0.25, 0.3) is 0 Å². The van der Waals surface area contributed by atoms with Crippen LogP contribution >= 0.6 is 0 Å². The van der Waals surface area contributed by atoms with E-state index in [9.17, 15) is 0 Å². The molecule has 1 aromatic heterocycles. The van der Waals surface area contributed by atoms with Crippen molar-refractivity contribution in [2.45, 2.75) is 13.3 Å². The molecule has 1 rings (SSSR count). The molecule has 0 spiro atoms. The van der Waals surface area contributed by atoms with Crippen molar-refractivity contribution in [3.05, 3.63) is 5.82 Å². The molecular formula is C6H10N4O. The lowest BCUT2D eigenvalue weighted by Gasteiger charge is -1.99. The molecule has 1 aromatic rings. The van der Waals surface area contributed by atoms with E-state index in [4.69, 9.17) is 10.5 Å². The van der Waals surface area contributed by atoms with Crippen LogP contribution in [-0.2, 0) is 6.42 Å². The van der Waals surface area contributed by atoms with Gasteiger partial charge in [-0.15, -0.1) is 0 Å². The lowest BCUT2D eigenvalue weighted by molar-refractivity contribution is 0.377. The van der Waals surface area contributed by atoms with Gasteiger partial charge in [-0.25, -0.2) is 0 Å². The van der Waals surface area contributed by atoms with Gasteiger partial charge in [-0.1, -0.05) is 6.92 Å². The van der Waals surface area contributed by atoms with Crippen LogP contribution in [0.2, 0.25) is 0 Å². The minimum absolute atomic E-state index is 0.203. The lowest BCUT2D eigenvalue weighted by atomic mass is 10.5. The van der Waals surface area contributed by atoms with E-state index in [1.54, 1.807) is 0 Å². The molecule has 11 heavy (non-hydrogen) atoms. The van der Waals surface area contributed by atoms with Crippen molar-refractivity contribution in [2.24, 2.45) is 0 Å². The van der Waals surface area contributed by atoms with E-state index in [0.29, 0.717) is 5.82 Å². The molecule has 2 N–H and O–H groups in total. The van der Waals surface area contributed by atoms with Gasteiger partial charge in [0.1, 0.15) is 5.82 Å². The van der Waals surface area contributed by atoms with Crippen LogP contribution in [0.4, 0.5) is 5.95 Å². The largest absolute Gasteiger partial charge is 0.467 e. The van der Waals surface area contributed by atoms with Crippen LogP contribution in [0.5, 0.6) is 6.01 Å². The number of nitrogens with zero attached hydrogens (tertiary/aromatic N) is 3. The summed E-state index contributed by atoms with van der Waals surface area (Å²) in [6.45, 7) is 1.94. The Balaban J connectivity index is 3.02. The maximum absolute atomic E-state index is 5.37. The average molecular weight is 154 g/mol. The van der Waals surface area contributed by atoms with Crippen LogP contribution in [0.25, 0.3) is 0 Å². The van der Waals surface area contributed by atoms with Crippen molar-refractivity contribution in [3.63, 3.8) is 0 Å². The van der Waals surface area contributed by atoms with Crippen LogP contribution < -0.4 is 10.5 Å². The molecule has 0 amide bonds. The maximum atomic E-state index is 5.37. The van der Waals surface area contributed by atoms with E-state index in [1.807, 2.05) is 6.92 Å². The summed E-state index contributed by atoms with van der Waals surface area (Å²) in [5.41, 5.74) is 5.37. The van der Waals surface area contributed by atoms with Crippen molar-refractivity contribution in [1.29, 1.82) is 0 Å². The van der Waals surface area contributed by atoms with Crippen LogP contribution in [-0.4, -0.2) is 22.1 Å². The number of methoxy groups -OCH3 is 1. The monoisotopic (exact) mass is 154 g/mol. The first-order valence-electron chi connectivity index (χ1n) is 3.30. The van der Waals surface area contributed by atoms with Crippen molar-refractivity contribution in [3.8, 4) is 6.01 Å². The van der Waals surface area contributed by atoms with Crippen LogP contribution in [0.15, 0.2) is 0 Å². The van der Waals surface area contributed by atoms with Gasteiger partial charge in [0.15, 0.2) is 0 Å². The van der Waals surface area contributed by atoms with Crippen molar-refractivity contribution in [2.75, 3.05) is 12.8 Å². The fourth-order valence-corrected chi connectivity index (χ4v) is 0.665. The first kappa shape index (κ1) is 7.71. The van der Waals surface area contributed by atoms with Crippen LogP contribution in [0.1, 0.15) is 12.7 Å². The third-order valence-electron chi connectivity index (χ3n) is 1.18. The Labute approximate surface area is 64.6 Å². The van der Waals surface area contributed by atoms with Gasteiger partial charge in [-0.3, -0.25) is 0 Å². The van der Waals surface area contributed by atoms with Crippen molar-refractivity contribution in [1.82, 2.24) is 15.0 Å².